The van der Waals surface area contributed by atoms with E-state index in [1.807, 2.05) is 18.2 Å². The zero-order valence-electron chi connectivity index (χ0n) is 12.5. The van der Waals surface area contributed by atoms with Crippen molar-refractivity contribution in [3.05, 3.63) is 57.7 Å². The van der Waals surface area contributed by atoms with E-state index in [2.05, 4.69) is 31.1 Å². The molecule has 2 aromatic rings. The summed E-state index contributed by atoms with van der Waals surface area (Å²) in [5, 5.41) is 3.66. The van der Waals surface area contributed by atoms with Crippen LogP contribution in [-0.4, -0.2) is 30.0 Å². The van der Waals surface area contributed by atoms with Crippen molar-refractivity contribution in [2.75, 3.05) is 18.0 Å². The van der Waals surface area contributed by atoms with Crippen LogP contribution in [0.15, 0.2) is 47.1 Å². The molecule has 0 unspecified atom stereocenters. The lowest BCUT2D eigenvalue weighted by Crippen LogP contribution is -2.45. The minimum Gasteiger partial charge on any atom is -0.356 e. The Labute approximate surface area is 149 Å². The molecule has 1 aromatic heterocycles. The first kappa shape index (κ1) is 16.3. The monoisotopic (exact) mass is 393 g/mol. The minimum absolute atomic E-state index is 0.0874. The van der Waals surface area contributed by atoms with Gasteiger partial charge in [0.25, 0.3) is 5.91 Å². The first-order valence-corrected chi connectivity index (χ1v) is 8.72. The van der Waals surface area contributed by atoms with Gasteiger partial charge in [0, 0.05) is 34.8 Å². The third-order valence-corrected chi connectivity index (χ3v) is 4.90. The quantitative estimate of drug-likeness (QED) is 0.859. The van der Waals surface area contributed by atoms with Crippen molar-refractivity contribution in [3.8, 4) is 0 Å². The number of anilines is 1. The number of carbonyl (C=O) groups excluding carboxylic acids is 1. The van der Waals surface area contributed by atoms with E-state index in [4.69, 9.17) is 11.6 Å². The number of carbonyl (C=O) groups is 1. The Morgan fingerprint density at radius 1 is 1.26 bits per heavy atom. The Balaban J connectivity index is 1.58. The van der Waals surface area contributed by atoms with E-state index in [0.29, 0.717) is 10.6 Å². The second kappa shape index (κ2) is 7.32. The number of nitrogens with one attached hydrogen (secondary N) is 1. The topological polar surface area (TPSA) is 45.2 Å². The molecule has 4 nitrogen and oxygen atoms in total. The molecular weight excluding hydrogens is 378 g/mol. The number of pyridine rings is 1. The summed E-state index contributed by atoms with van der Waals surface area (Å²) in [5.41, 5.74) is 0.574. The summed E-state index contributed by atoms with van der Waals surface area (Å²) in [6.07, 6.45) is 3.61. The molecule has 23 heavy (non-hydrogen) atoms. The highest BCUT2D eigenvalue weighted by molar-refractivity contribution is 9.10. The lowest BCUT2D eigenvalue weighted by Gasteiger charge is -2.33. The maximum Gasteiger partial charge on any atom is 0.252 e. The summed E-state index contributed by atoms with van der Waals surface area (Å²) in [6.45, 7) is 1.78. The number of hydrogen-bond donors (Lipinski definition) is 1. The lowest BCUT2D eigenvalue weighted by atomic mass is 10.0. The van der Waals surface area contributed by atoms with Gasteiger partial charge in [0.05, 0.1) is 5.56 Å². The van der Waals surface area contributed by atoms with Crippen molar-refractivity contribution in [1.82, 2.24) is 10.3 Å². The van der Waals surface area contributed by atoms with Crippen LogP contribution in [0.1, 0.15) is 23.2 Å². The Morgan fingerprint density at radius 3 is 2.74 bits per heavy atom. The van der Waals surface area contributed by atoms with Crippen LogP contribution < -0.4 is 10.2 Å². The third kappa shape index (κ3) is 4.03. The Bertz CT molecular complexity index is 687. The van der Waals surface area contributed by atoms with Crippen molar-refractivity contribution in [2.24, 2.45) is 0 Å². The van der Waals surface area contributed by atoms with Crippen molar-refractivity contribution in [3.63, 3.8) is 0 Å². The van der Waals surface area contributed by atoms with Gasteiger partial charge in [-0.3, -0.25) is 4.79 Å². The predicted octanol–water partition coefficient (Wildman–Crippen LogP) is 3.90. The molecule has 1 amide bonds. The van der Waals surface area contributed by atoms with Gasteiger partial charge >= 0.3 is 0 Å². The fraction of sp³-hybridized carbons (Fsp3) is 0.294. The highest BCUT2D eigenvalue weighted by Gasteiger charge is 2.22. The molecule has 0 atom stereocenters. The van der Waals surface area contributed by atoms with E-state index in [0.717, 1.165) is 36.2 Å². The van der Waals surface area contributed by atoms with Gasteiger partial charge in [0.1, 0.15) is 5.82 Å². The number of aromatic nitrogens is 1. The van der Waals surface area contributed by atoms with Crippen molar-refractivity contribution in [2.45, 2.75) is 18.9 Å². The smallest absolute Gasteiger partial charge is 0.252 e. The molecule has 3 rings (SSSR count). The first-order chi connectivity index (χ1) is 11.1. The molecular formula is C17H17BrClN3O. The average Bonchev–Trinajstić information content (AvgIpc) is 2.58. The fourth-order valence-corrected chi connectivity index (χ4v) is 3.33. The lowest BCUT2D eigenvalue weighted by molar-refractivity contribution is 0.0930. The largest absolute Gasteiger partial charge is 0.356 e. The van der Waals surface area contributed by atoms with Gasteiger partial charge in [-0.05, 0) is 59.1 Å². The zero-order valence-corrected chi connectivity index (χ0v) is 14.8. The third-order valence-electron chi connectivity index (χ3n) is 3.98. The van der Waals surface area contributed by atoms with Crippen molar-refractivity contribution >= 4 is 39.3 Å². The standard InChI is InChI=1S/C17H17BrClN3O/c18-15-5-4-12(19)11-14(15)17(23)21-13-6-9-22(10-7-13)16-3-1-2-8-20-16/h1-5,8,11,13H,6-7,9-10H2,(H,21,23). The highest BCUT2D eigenvalue weighted by atomic mass is 79.9. The summed E-state index contributed by atoms with van der Waals surface area (Å²) < 4.78 is 0.755. The van der Waals surface area contributed by atoms with E-state index in [1.165, 1.54) is 0 Å². The molecule has 1 aliphatic rings. The maximum absolute atomic E-state index is 12.4. The summed E-state index contributed by atoms with van der Waals surface area (Å²) in [7, 11) is 0. The van der Waals surface area contributed by atoms with Crippen LogP contribution in [0.25, 0.3) is 0 Å². The maximum atomic E-state index is 12.4. The normalized spacial score (nSPS) is 15.5. The van der Waals surface area contributed by atoms with E-state index < -0.39 is 0 Å². The number of piperidine rings is 1. The molecule has 0 spiro atoms. The first-order valence-electron chi connectivity index (χ1n) is 7.55. The molecule has 1 N–H and O–H groups in total. The molecule has 1 saturated heterocycles. The number of halogens is 2. The second-order valence-electron chi connectivity index (χ2n) is 5.55. The van der Waals surface area contributed by atoms with Gasteiger partial charge in [-0.2, -0.15) is 0 Å². The van der Waals surface area contributed by atoms with Crippen molar-refractivity contribution < 1.29 is 4.79 Å². The second-order valence-corrected chi connectivity index (χ2v) is 6.84. The summed E-state index contributed by atoms with van der Waals surface area (Å²) in [4.78, 5) is 19.0. The molecule has 0 bridgehead atoms. The van der Waals surface area contributed by atoms with Crippen LogP contribution in [-0.2, 0) is 0 Å². The molecule has 6 heteroatoms. The van der Waals surface area contributed by atoms with Crippen LogP contribution in [0.4, 0.5) is 5.82 Å². The van der Waals surface area contributed by atoms with Crippen LogP contribution in [0, 0.1) is 0 Å². The summed E-state index contributed by atoms with van der Waals surface area (Å²) >= 11 is 9.38. The van der Waals surface area contributed by atoms with Gasteiger partial charge in [0.15, 0.2) is 0 Å². The fourth-order valence-electron chi connectivity index (χ4n) is 2.73. The molecule has 2 heterocycles. The zero-order chi connectivity index (χ0) is 16.2. The Morgan fingerprint density at radius 2 is 2.04 bits per heavy atom. The summed E-state index contributed by atoms with van der Waals surface area (Å²) in [6, 6.07) is 11.3. The van der Waals surface area contributed by atoms with Crippen LogP contribution >= 0.6 is 27.5 Å². The number of hydrogen-bond acceptors (Lipinski definition) is 3. The van der Waals surface area contributed by atoms with Gasteiger partial charge in [-0.15, -0.1) is 0 Å². The van der Waals surface area contributed by atoms with Crippen LogP contribution in [0.5, 0.6) is 0 Å². The molecule has 0 radical (unpaired) electrons. The van der Waals surface area contributed by atoms with Crippen molar-refractivity contribution in [1.29, 1.82) is 0 Å². The van der Waals surface area contributed by atoms with E-state index in [-0.39, 0.29) is 11.9 Å². The molecule has 1 aromatic carbocycles. The minimum atomic E-state index is -0.0874. The SMILES string of the molecule is O=C(NC1CCN(c2ccccn2)CC1)c1cc(Cl)ccc1Br. The average molecular weight is 395 g/mol. The van der Waals surface area contributed by atoms with Gasteiger partial charge < -0.3 is 10.2 Å². The highest BCUT2D eigenvalue weighted by Crippen LogP contribution is 2.22. The van der Waals surface area contributed by atoms with Crippen LogP contribution in [0.2, 0.25) is 5.02 Å². The number of nitrogens with zero attached hydrogens (tertiary/aromatic N) is 2. The number of amides is 1. The number of rotatable bonds is 3. The Hall–Kier alpha value is -1.59. The Kier molecular flexibility index (Phi) is 5.18. The van der Waals surface area contributed by atoms with E-state index in [1.54, 1.807) is 24.4 Å². The summed E-state index contributed by atoms with van der Waals surface area (Å²) in [5.74, 6) is 0.908. The van der Waals surface area contributed by atoms with Crippen LogP contribution in [0.3, 0.4) is 0 Å². The molecule has 1 aliphatic heterocycles. The number of benzene rings is 1. The predicted molar refractivity (Wildman–Crippen MR) is 96.1 cm³/mol. The van der Waals surface area contributed by atoms with E-state index in [9.17, 15) is 4.79 Å². The van der Waals surface area contributed by atoms with E-state index >= 15 is 0 Å². The van der Waals surface area contributed by atoms with Gasteiger partial charge in [-0.25, -0.2) is 4.98 Å². The van der Waals surface area contributed by atoms with Gasteiger partial charge in [0.2, 0.25) is 0 Å². The molecule has 0 aliphatic carbocycles. The molecule has 1 fully saturated rings. The van der Waals surface area contributed by atoms with Gasteiger partial charge in [-0.1, -0.05) is 17.7 Å². The molecule has 120 valence electrons. The molecule has 0 saturated carbocycles.